The minimum absolute atomic E-state index is 0.184. The molecule has 1 amide bonds. The van der Waals surface area contributed by atoms with Gasteiger partial charge in [-0.1, -0.05) is 0 Å². The zero-order valence-electron chi connectivity index (χ0n) is 11.0. The van der Waals surface area contributed by atoms with Gasteiger partial charge in [0, 0.05) is 23.5 Å². The molecule has 0 aromatic heterocycles. The quantitative estimate of drug-likeness (QED) is 0.867. The summed E-state index contributed by atoms with van der Waals surface area (Å²) in [6.45, 7) is 0.962. The summed E-state index contributed by atoms with van der Waals surface area (Å²) in [6, 6.07) is 4.88. The van der Waals surface area contributed by atoms with Gasteiger partial charge in [0.25, 0.3) is 5.91 Å². The lowest BCUT2D eigenvalue weighted by Gasteiger charge is -2.22. The molecule has 0 spiro atoms. The standard InChI is InChI=1S/C14H16N2O3S/c17-13(16-8-20-7-12(16)14(18)19)10-3-4-11-9(6-10)2-1-5-15-11/h3-4,6,12,15H,1-2,5,7-8H2,(H,18,19)/t12-/m0/s1. The first kappa shape index (κ1) is 13.3. The van der Waals surface area contributed by atoms with Crippen LogP contribution < -0.4 is 5.32 Å². The second-order valence-corrected chi connectivity index (χ2v) is 6.03. The second kappa shape index (κ2) is 5.36. The number of hydrogen-bond acceptors (Lipinski definition) is 4. The largest absolute Gasteiger partial charge is 0.480 e. The Morgan fingerprint density at radius 3 is 3.05 bits per heavy atom. The van der Waals surface area contributed by atoms with Gasteiger partial charge in [-0.05, 0) is 36.6 Å². The number of carbonyl (C=O) groups is 2. The minimum Gasteiger partial charge on any atom is -0.480 e. The van der Waals surface area contributed by atoms with E-state index >= 15 is 0 Å². The Bertz CT molecular complexity index is 561. The van der Waals surface area contributed by atoms with Crippen molar-refractivity contribution >= 4 is 29.3 Å². The van der Waals surface area contributed by atoms with Crippen LogP contribution in [-0.4, -0.2) is 46.1 Å². The van der Waals surface area contributed by atoms with E-state index in [0.717, 1.165) is 30.6 Å². The lowest BCUT2D eigenvalue weighted by molar-refractivity contribution is -0.140. The number of nitrogens with zero attached hydrogens (tertiary/aromatic N) is 1. The summed E-state index contributed by atoms with van der Waals surface area (Å²) in [7, 11) is 0. The Hall–Kier alpha value is -1.69. The van der Waals surface area contributed by atoms with E-state index in [1.54, 1.807) is 6.07 Å². The Labute approximate surface area is 121 Å². The van der Waals surface area contributed by atoms with Crippen LogP contribution >= 0.6 is 11.8 Å². The number of thioether (sulfide) groups is 1. The first-order chi connectivity index (χ1) is 9.66. The first-order valence-electron chi connectivity index (χ1n) is 6.65. The van der Waals surface area contributed by atoms with Gasteiger partial charge in [-0.25, -0.2) is 4.79 Å². The molecular weight excluding hydrogens is 276 g/mol. The van der Waals surface area contributed by atoms with E-state index in [4.69, 9.17) is 5.11 Å². The molecule has 2 heterocycles. The number of rotatable bonds is 2. The third kappa shape index (κ3) is 2.35. The fourth-order valence-corrected chi connectivity index (χ4v) is 3.77. The van der Waals surface area contributed by atoms with Gasteiger partial charge >= 0.3 is 5.97 Å². The van der Waals surface area contributed by atoms with Crippen LogP contribution in [-0.2, 0) is 11.2 Å². The normalized spacial score (nSPS) is 21.2. The van der Waals surface area contributed by atoms with E-state index in [2.05, 4.69) is 5.32 Å². The molecule has 0 radical (unpaired) electrons. The Morgan fingerprint density at radius 1 is 1.40 bits per heavy atom. The number of fused-ring (bicyclic) bond motifs is 1. The number of nitrogens with one attached hydrogen (secondary N) is 1. The van der Waals surface area contributed by atoms with Crippen molar-refractivity contribution in [2.45, 2.75) is 18.9 Å². The number of aryl methyl sites for hydroxylation is 1. The molecule has 1 aromatic carbocycles. The Kier molecular flexibility index (Phi) is 3.56. The van der Waals surface area contributed by atoms with Crippen LogP contribution in [0.3, 0.4) is 0 Å². The van der Waals surface area contributed by atoms with E-state index < -0.39 is 12.0 Å². The van der Waals surface area contributed by atoms with Crippen molar-refractivity contribution in [3.8, 4) is 0 Å². The molecule has 0 bridgehead atoms. The van der Waals surface area contributed by atoms with Crippen LogP contribution in [0.4, 0.5) is 5.69 Å². The maximum atomic E-state index is 12.5. The van der Waals surface area contributed by atoms with Gasteiger partial charge in [0.15, 0.2) is 0 Å². The third-order valence-corrected chi connectivity index (χ3v) is 4.73. The number of anilines is 1. The van der Waals surface area contributed by atoms with Crippen molar-refractivity contribution in [2.75, 3.05) is 23.5 Å². The monoisotopic (exact) mass is 292 g/mol. The fourth-order valence-electron chi connectivity index (χ4n) is 2.62. The van der Waals surface area contributed by atoms with Crippen molar-refractivity contribution in [2.24, 2.45) is 0 Å². The second-order valence-electron chi connectivity index (χ2n) is 5.03. The zero-order valence-corrected chi connectivity index (χ0v) is 11.8. The number of hydrogen-bond donors (Lipinski definition) is 2. The number of aliphatic carboxylic acids is 1. The van der Waals surface area contributed by atoms with Crippen molar-refractivity contribution in [3.63, 3.8) is 0 Å². The summed E-state index contributed by atoms with van der Waals surface area (Å²) < 4.78 is 0. The number of amides is 1. The summed E-state index contributed by atoms with van der Waals surface area (Å²) in [5.74, 6) is -0.197. The van der Waals surface area contributed by atoms with Crippen LogP contribution in [0.1, 0.15) is 22.3 Å². The van der Waals surface area contributed by atoms with Gasteiger partial charge in [0.05, 0.1) is 5.88 Å². The van der Waals surface area contributed by atoms with Gasteiger partial charge in [-0.2, -0.15) is 0 Å². The molecule has 0 unspecified atom stereocenters. The zero-order chi connectivity index (χ0) is 14.1. The molecule has 20 heavy (non-hydrogen) atoms. The number of benzene rings is 1. The summed E-state index contributed by atoms with van der Waals surface area (Å²) in [6.07, 6.45) is 2.02. The van der Waals surface area contributed by atoms with Gasteiger partial charge in [0.1, 0.15) is 6.04 Å². The molecule has 1 fully saturated rings. The van der Waals surface area contributed by atoms with Crippen LogP contribution in [0.25, 0.3) is 0 Å². The maximum Gasteiger partial charge on any atom is 0.327 e. The molecule has 2 aliphatic heterocycles. The van der Waals surface area contributed by atoms with Gasteiger partial charge in [-0.15, -0.1) is 11.8 Å². The molecule has 5 nitrogen and oxygen atoms in total. The number of carboxylic acids is 1. The van der Waals surface area contributed by atoms with Crippen molar-refractivity contribution in [1.29, 1.82) is 0 Å². The molecule has 106 valence electrons. The lowest BCUT2D eigenvalue weighted by Crippen LogP contribution is -2.41. The minimum atomic E-state index is -0.928. The van der Waals surface area contributed by atoms with Crippen LogP contribution in [0, 0.1) is 0 Å². The third-order valence-electron chi connectivity index (χ3n) is 3.72. The lowest BCUT2D eigenvalue weighted by atomic mass is 10.00. The summed E-state index contributed by atoms with van der Waals surface area (Å²) in [4.78, 5) is 25.1. The predicted octanol–water partition coefficient (Wildman–Crippen LogP) is 1.64. The summed E-state index contributed by atoms with van der Waals surface area (Å²) >= 11 is 1.48. The number of carbonyl (C=O) groups excluding carboxylic acids is 1. The van der Waals surface area contributed by atoms with Crippen molar-refractivity contribution in [1.82, 2.24) is 4.90 Å². The Morgan fingerprint density at radius 2 is 2.25 bits per heavy atom. The molecule has 0 aliphatic carbocycles. The predicted molar refractivity (Wildman–Crippen MR) is 78.2 cm³/mol. The average Bonchev–Trinajstić information content (AvgIpc) is 2.95. The molecule has 3 rings (SSSR count). The first-order valence-corrected chi connectivity index (χ1v) is 7.80. The van der Waals surface area contributed by atoms with E-state index in [1.165, 1.54) is 16.7 Å². The SMILES string of the molecule is O=C(O)[C@@H]1CSCN1C(=O)c1ccc2c(c1)CCCN2. The van der Waals surface area contributed by atoms with Gasteiger partial charge < -0.3 is 15.3 Å². The molecule has 1 saturated heterocycles. The highest BCUT2D eigenvalue weighted by atomic mass is 32.2. The van der Waals surface area contributed by atoms with Gasteiger partial charge in [0.2, 0.25) is 0 Å². The molecule has 1 aromatic rings. The smallest absolute Gasteiger partial charge is 0.327 e. The van der Waals surface area contributed by atoms with Crippen LogP contribution in [0.2, 0.25) is 0 Å². The fraction of sp³-hybridized carbons (Fsp3) is 0.429. The molecular formula is C14H16N2O3S. The molecule has 0 saturated carbocycles. The highest BCUT2D eigenvalue weighted by Gasteiger charge is 2.35. The van der Waals surface area contributed by atoms with E-state index in [1.807, 2.05) is 12.1 Å². The summed E-state index contributed by atoms with van der Waals surface area (Å²) in [5, 5.41) is 12.5. The van der Waals surface area contributed by atoms with Crippen molar-refractivity contribution < 1.29 is 14.7 Å². The van der Waals surface area contributed by atoms with Crippen molar-refractivity contribution in [3.05, 3.63) is 29.3 Å². The van der Waals surface area contributed by atoms with Gasteiger partial charge in [-0.3, -0.25) is 4.79 Å². The molecule has 1 atom stereocenters. The number of carboxylic acid groups (broad SMARTS) is 1. The Balaban J connectivity index is 1.85. The van der Waals surface area contributed by atoms with E-state index in [9.17, 15) is 9.59 Å². The average molecular weight is 292 g/mol. The highest BCUT2D eigenvalue weighted by Crippen LogP contribution is 2.27. The topological polar surface area (TPSA) is 69.6 Å². The van der Waals surface area contributed by atoms with Crippen LogP contribution in [0.15, 0.2) is 18.2 Å². The molecule has 2 N–H and O–H groups in total. The molecule has 2 aliphatic rings. The molecule has 6 heteroatoms. The van der Waals surface area contributed by atoms with E-state index in [-0.39, 0.29) is 5.91 Å². The van der Waals surface area contributed by atoms with Crippen LogP contribution in [0.5, 0.6) is 0 Å². The highest BCUT2D eigenvalue weighted by molar-refractivity contribution is 7.99. The summed E-state index contributed by atoms with van der Waals surface area (Å²) in [5.41, 5.74) is 2.81. The van der Waals surface area contributed by atoms with E-state index in [0.29, 0.717) is 17.2 Å². The maximum absolute atomic E-state index is 12.5.